The Kier molecular flexibility index (Phi) is 8.33. The molecular weight excluding hydrogens is 423 g/mol. The number of aliphatic imine (C=N–C) groups is 1. The molecule has 0 aliphatic heterocycles. The number of halogens is 2. The van der Waals surface area contributed by atoms with Crippen molar-refractivity contribution in [3.63, 3.8) is 0 Å². The lowest BCUT2D eigenvalue weighted by atomic mass is 10.1. The minimum absolute atomic E-state index is 0. The first kappa shape index (κ1) is 19.7. The van der Waals surface area contributed by atoms with Crippen molar-refractivity contribution in [1.29, 1.82) is 0 Å². The molecule has 0 saturated carbocycles. The Morgan fingerprint density at radius 3 is 2.65 bits per heavy atom. The molecule has 124 valence electrons. The first-order valence-electron chi connectivity index (χ1n) is 7.24. The molecule has 0 radical (unpaired) electrons. The Morgan fingerprint density at radius 1 is 1.26 bits per heavy atom. The van der Waals surface area contributed by atoms with Gasteiger partial charge in [0, 0.05) is 18.3 Å². The summed E-state index contributed by atoms with van der Waals surface area (Å²) in [6.07, 6.45) is 1.80. The van der Waals surface area contributed by atoms with Gasteiger partial charge in [-0.2, -0.15) is 0 Å². The van der Waals surface area contributed by atoms with Crippen molar-refractivity contribution in [3.05, 3.63) is 64.4 Å². The summed E-state index contributed by atoms with van der Waals surface area (Å²) in [6, 6.07) is 11.9. The van der Waals surface area contributed by atoms with Gasteiger partial charge in [-0.1, -0.05) is 35.9 Å². The van der Waals surface area contributed by atoms with Gasteiger partial charge in [0.05, 0.1) is 18.3 Å². The van der Waals surface area contributed by atoms with Crippen molar-refractivity contribution >= 4 is 41.5 Å². The third-order valence-corrected chi connectivity index (χ3v) is 3.83. The summed E-state index contributed by atoms with van der Waals surface area (Å²) in [5.74, 6) is 0.720. The van der Waals surface area contributed by atoms with Crippen LogP contribution in [0.4, 0.5) is 0 Å². The summed E-state index contributed by atoms with van der Waals surface area (Å²) >= 11 is 6.23. The first-order chi connectivity index (χ1) is 10.6. The molecule has 23 heavy (non-hydrogen) atoms. The summed E-state index contributed by atoms with van der Waals surface area (Å²) < 4.78 is 0. The summed E-state index contributed by atoms with van der Waals surface area (Å²) in [5, 5.41) is 7.37. The molecule has 4 nitrogen and oxygen atoms in total. The second-order valence-electron chi connectivity index (χ2n) is 5.08. The molecular formula is C17H22ClIN4. The van der Waals surface area contributed by atoms with E-state index in [0.717, 1.165) is 27.8 Å². The third-order valence-electron chi connectivity index (χ3n) is 3.49. The van der Waals surface area contributed by atoms with E-state index in [-0.39, 0.29) is 30.0 Å². The molecule has 0 bridgehead atoms. The zero-order valence-electron chi connectivity index (χ0n) is 13.5. The topological polar surface area (TPSA) is 49.3 Å². The molecule has 0 spiro atoms. The first-order valence-corrected chi connectivity index (χ1v) is 7.61. The van der Waals surface area contributed by atoms with Gasteiger partial charge in [0.25, 0.3) is 0 Å². The van der Waals surface area contributed by atoms with Crippen LogP contribution in [0.5, 0.6) is 0 Å². The number of nitrogens with zero attached hydrogens (tertiary/aromatic N) is 2. The van der Waals surface area contributed by atoms with Gasteiger partial charge in [0.2, 0.25) is 0 Å². The maximum atomic E-state index is 6.23. The summed E-state index contributed by atoms with van der Waals surface area (Å²) in [5.41, 5.74) is 3.21. The van der Waals surface area contributed by atoms with Crippen molar-refractivity contribution in [1.82, 2.24) is 15.6 Å². The van der Waals surface area contributed by atoms with Crippen molar-refractivity contribution < 1.29 is 0 Å². The Bertz CT molecular complexity index is 661. The lowest BCUT2D eigenvalue weighted by molar-refractivity contribution is 0.682. The highest BCUT2D eigenvalue weighted by Gasteiger charge is 2.11. The lowest BCUT2D eigenvalue weighted by Gasteiger charge is -2.19. The molecule has 0 fully saturated rings. The quantitative estimate of drug-likeness (QED) is 0.424. The van der Waals surface area contributed by atoms with E-state index in [0.29, 0.717) is 6.54 Å². The third kappa shape index (κ3) is 5.66. The highest BCUT2D eigenvalue weighted by atomic mass is 127. The predicted octanol–water partition coefficient (Wildman–Crippen LogP) is 4.09. The number of aromatic nitrogens is 1. The van der Waals surface area contributed by atoms with Gasteiger partial charge < -0.3 is 10.6 Å². The zero-order chi connectivity index (χ0) is 15.9. The number of nitrogens with one attached hydrogen (secondary N) is 2. The van der Waals surface area contributed by atoms with Crippen molar-refractivity contribution in [3.8, 4) is 0 Å². The molecule has 1 atom stereocenters. The van der Waals surface area contributed by atoms with Gasteiger partial charge >= 0.3 is 0 Å². The molecule has 1 aromatic carbocycles. The van der Waals surface area contributed by atoms with Crippen LogP contribution < -0.4 is 10.6 Å². The second-order valence-corrected chi connectivity index (χ2v) is 5.49. The number of hydrogen-bond donors (Lipinski definition) is 2. The molecule has 2 N–H and O–H groups in total. The molecule has 2 aromatic rings. The maximum Gasteiger partial charge on any atom is 0.191 e. The van der Waals surface area contributed by atoms with Gasteiger partial charge in [-0.15, -0.1) is 24.0 Å². The highest BCUT2D eigenvalue weighted by molar-refractivity contribution is 14.0. The summed E-state index contributed by atoms with van der Waals surface area (Å²) in [6.45, 7) is 4.73. The Balaban J connectivity index is 0.00000264. The zero-order valence-corrected chi connectivity index (χ0v) is 16.6. The van der Waals surface area contributed by atoms with Crippen LogP contribution in [0.2, 0.25) is 5.02 Å². The fraction of sp³-hybridized carbons (Fsp3) is 0.294. The van der Waals surface area contributed by atoms with Crippen molar-refractivity contribution in [2.75, 3.05) is 7.05 Å². The van der Waals surface area contributed by atoms with E-state index < -0.39 is 0 Å². The van der Waals surface area contributed by atoms with Crippen LogP contribution in [0.15, 0.2) is 47.6 Å². The predicted molar refractivity (Wildman–Crippen MR) is 108 cm³/mol. The van der Waals surface area contributed by atoms with Gasteiger partial charge in [-0.3, -0.25) is 9.98 Å². The standard InChI is InChI=1S/C17H21ClN4.HI/c1-12-7-6-10-20-16(12)11-21-17(19-3)22-13(2)14-8-4-5-9-15(14)18;/h4-10,13H,11H2,1-3H3,(H2,19,21,22);1H. The molecule has 6 heteroatoms. The summed E-state index contributed by atoms with van der Waals surface area (Å²) in [7, 11) is 1.75. The lowest BCUT2D eigenvalue weighted by Crippen LogP contribution is -2.38. The molecule has 0 amide bonds. The van der Waals surface area contributed by atoms with Crippen LogP contribution in [-0.4, -0.2) is 18.0 Å². The van der Waals surface area contributed by atoms with Crippen LogP contribution in [0.25, 0.3) is 0 Å². The van der Waals surface area contributed by atoms with Gasteiger partial charge in [0.15, 0.2) is 5.96 Å². The molecule has 1 heterocycles. The largest absolute Gasteiger partial charge is 0.351 e. The fourth-order valence-electron chi connectivity index (χ4n) is 2.17. The molecule has 0 aliphatic rings. The molecule has 1 aromatic heterocycles. The number of aryl methyl sites for hydroxylation is 1. The average molecular weight is 445 g/mol. The fourth-order valence-corrected chi connectivity index (χ4v) is 2.47. The normalized spacial score (nSPS) is 12.3. The van der Waals surface area contributed by atoms with E-state index in [4.69, 9.17) is 11.6 Å². The van der Waals surface area contributed by atoms with Crippen LogP contribution in [-0.2, 0) is 6.54 Å². The Morgan fingerprint density at radius 2 is 2.00 bits per heavy atom. The minimum atomic E-state index is 0. The number of rotatable bonds is 4. The molecule has 1 unspecified atom stereocenters. The minimum Gasteiger partial charge on any atom is -0.351 e. The average Bonchev–Trinajstić information content (AvgIpc) is 2.53. The van der Waals surface area contributed by atoms with Gasteiger partial charge in [-0.25, -0.2) is 0 Å². The monoisotopic (exact) mass is 444 g/mol. The SMILES string of the molecule is CN=C(NCc1ncccc1C)NC(C)c1ccccc1Cl.I. The number of benzene rings is 1. The number of guanidine groups is 1. The summed E-state index contributed by atoms with van der Waals surface area (Å²) in [4.78, 5) is 8.62. The van der Waals surface area contributed by atoms with E-state index in [1.807, 2.05) is 43.3 Å². The number of pyridine rings is 1. The van der Waals surface area contributed by atoms with E-state index in [1.165, 1.54) is 0 Å². The molecule has 2 rings (SSSR count). The van der Waals surface area contributed by atoms with E-state index in [2.05, 4.69) is 27.5 Å². The van der Waals surface area contributed by atoms with Gasteiger partial charge in [0.1, 0.15) is 0 Å². The van der Waals surface area contributed by atoms with Crippen LogP contribution in [0.3, 0.4) is 0 Å². The molecule has 0 aliphatic carbocycles. The highest BCUT2D eigenvalue weighted by Crippen LogP contribution is 2.21. The van der Waals surface area contributed by atoms with Crippen LogP contribution >= 0.6 is 35.6 Å². The van der Waals surface area contributed by atoms with Crippen molar-refractivity contribution in [2.45, 2.75) is 26.4 Å². The van der Waals surface area contributed by atoms with E-state index in [9.17, 15) is 0 Å². The van der Waals surface area contributed by atoms with E-state index in [1.54, 1.807) is 13.2 Å². The van der Waals surface area contributed by atoms with Crippen LogP contribution in [0, 0.1) is 6.92 Å². The molecule has 0 saturated heterocycles. The Labute approximate surface area is 159 Å². The second kappa shape index (κ2) is 9.72. The van der Waals surface area contributed by atoms with Crippen LogP contribution in [0.1, 0.15) is 29.8 Å². The smallest absolute Gasteiger partial charge is 0.191 e. The van der Waals surface area contributed by atoms with Crippen molar-refractivity contribution in [2.24, 2.45) is 4.99 Å². The number of hydrogen-bond acceptors (Lipinski definition) is 2. The van der Waals surface area contributed by atoms with Gasteiger partial charge in [-0.05, 0) is 37.1 Å². The maximum absolute atomic E-state index is 6.23. The van der Waals surface area contributed by atoms with E-state index >= 15 is 0 Å². The Hall–Kier alpha value is -1.34.